The fourth-order valence-electron chi connectivity index (χ4n) is 1.47. The van der Waals surface area contributed by atoms with Gasteiger partial charge in [-0.05, 0) is 27.2 Å². The first kappa shape index (κ1) is 11.0. The van der Waals surface area contributed by atoms with E-state index in [1.54, 1.807) is 0 Å². The molecule has 0 unspecified atom stereocenters. The van der Waals surface area contributed by atoms with Crippen molar-refractivity contribution in [1.29, 1.82) is 0 Å². The summed E-state index contributed by atoms with van der Waals surface area (Å²) in [6, 6.07) is -0.225. The maximum atomic E-state index is 11.5. The molecule has 0 aromatic heterocycles. The Bertz CT molecular complexity index is 244. The summed E-state index contributed by atoms with van der Waals surface area (Å²) in [5.74, 6) is 0. The van der Waals surface area contributed by atoms with Crippen LogP contribution in [0.25, 0.3) is 0 Å². The average Bonchev–Trinajstić information content (AvgIpc) is 2.73. The van der Waals surface area contributed by atoms with Crippen molar-refractivity contribution in [2.24, 2.45) is 0 Å². The van der Waals surface area contributed by atoms with Crippen LogP contribution in [-0.4, -0.2) is 35.0 Å². The molecule has 0 radical (unpaired) electrons. The summed E-state index contributed by atoms with van der Waals surface area (Å²) in [6.07, 6.45) is 1.21. The molecule has 1 amide bonds. The summed E-state index contributed by atoms with van der Waals surface area (Å²) in [4.78, 5) is 23.6. The topological polar surface area (TPSA) is 46.4 Å². The third-order valence-electron chi connectivity index (χ3n) is 2.15. The molecule has 0 aromatic carbocycles. The van der Waals surface area contributed by atoms with Gasteiger partial charge in [0.1, 0.15) is 17.9 Å². The summed E-state index contributed by atoms with van der Waals surface area (Å²) in [7, 11) is 0. The number of carbonyl (C=O) groups is 2. The van der Waals surface area contributed by atoms with Gasteiger partial charge >= 0.3 is 6.09 Å². The van der Waals surface area contributed by atoms with Crippen molar-refractivity contribution in [2.75, 3.05) is 0 Å². The van der Waals surface area contributed by atoms with Crippen molar-refractivity contribution in [3.05, 3.63) is 0 Å². The van der Waals surface area contributed by atoms with E-state index in [4.69, 9.17) is 4.74 Å². The Kier molecular flexibility index (Phi) is 2.83. The van der Waals surface area contributed by atoms with E-state index in [2.05, 4.69) is 0 Å². The van der Waals surface area contributed by atoms with Gasteiger partial charge in [0, 0.05) is 0 Å². The summed E-state index contributed by atoms with van der Waals surface area (Å²) < 4.78 is 5.15. The lowest BCUT2D eigenvalue weighted by molar-refractivity contribution is -0.108. The lowest BCUT2D eigenvalue weighted by atomic mass is 10.2. The predicted molar refractivity (Wildman–Crippen MR) is 52.0 cm³/mol. The van der Waals surface area contributed by atoms with Crippen molar-refractivity contribution in [3.8, 4) is 0 Å². The Morgan fingerprint density at radius 2 is 2.07 bits per heavy atom. The smallest absolute Gasteiger partial charge is 0.411 e. The van der Waals surface area contributed by atoms with Crippen molar-refractivity contribution in [3.63, 3.8) is 0 Å². The minimum absolute atomic E-state index is 0.0438. The van der Waals surface area contributed by atoms with E-state index in [-0.39, 0.29) is 18.2 Å². The number of aldehydes is 1. The van der Waals surface area contributed by atoms with Crippen molar-refractivity contribution < 1.29 is 14.3 Å². The molecular weight excluding hydrogens is 182 g/mol. The van der Waals surface area contributed by atoms with Gasteiger partial charge in [-0.2, -0.15) is 0 Å². The van der Waals surface area contributed by atoms with Crippen LogP contribution < -0.4 is 0 Å². The standard InChI is InChI=1S/C10H17NO3/c1-5-7-8(6-12)11(7)9(13)14-10(2,3)4/h6-8H,5H2,1-4H3/t7-,8-,11?/m1/s1. The van der Waals surface area contributed by atoms with Crippen LogP contribution in [0, 0.1) is 0 Å². The fourth-order valence-corrected chi connectivity index (χ4v) is 1.47. The number of hydrogen-bond donors (Lipinski definition) is 0. The van der Waals surface area contributed by atoms with Gasteiger partial charge in [-0.15, -0.1) is 0 Å². The second-order valence-electron chi connectivity index (χ2n) is 4.49. The van der Waals surface area contributed by atoms with Gasteiger partial charge in [0.25, 0.3) is 0 Å². The van der Waals surface area contributed by atoms with Crippen LogP contribution >= 0.6 is 0 Å². The lowest BCUT2D eigenvalue weighted by Crippen LogP contribution is -2.28. The molecule has 1 heterocycles. The Morgan fingerprint density at radius 1 is 1.50 bits per heavy atom. The minimum atomic E-state index is -0.495. The summed E-state index contributed by atoms with van der Waals surface area (Å²) in [5, 5.41) is 0. The molecule has 1 fully saturated rings. The van der Waals surface area contributed by atoms with E-state index in [1.807, 2.05) is 27.7 Å². The Hall–Kier alpha value is -1.06. The quantitative estimate of drug-likeness (QED) is 0.501. The van der Waals surface area contributed by atoms with E-state index < -0.39 is 5.60 Å². The maximum absolute atomic E-state index is 11.5. The van der Waals surface area contributed by atoms with Crippen LogP contribution in [0.4, 0.5) is 4.79 Å². The van der Waals surface area contributed by atoms with Gasteiger partial charge in [-0.3, -0.25) is 4.90 Å². The van der Waals surface area contributed by atoms with E-state index in [0.29, 0.717) is 0 Å². The zero-order valence-electron chi connectivity index (χ0n) is 9.11. The van der Waals surface area contributed by atoms with Crippen LogP contribution in [0.1, 0.15) is 34.1 Å². The monoisotopic (exact) mass is 199 g/mol. The minimum Gasteiger partial charge on any atom is -0.444 e. The molecule has 1 saturated heterocycles. The molecule has 2 atom stereocenters. The van der Waals surface area contributed by atoms with Gasteiger partial charge in [0.05, 0.1) is 6.04 Å². The van der Waals surface area contributed by atoms with Crippen LogP contribution in [0.15, 0.2) is 0 Å². The van der Waals surface area contributed by atoms with Gasteiger partial charge in [-0.1, -0.05) is 6.92 Å². The maximum Gasteiger partial charge on any atom is 0.411 e. The molecule has 14 heavy (non-hydrogen) atoms. The molecule has 0 aromatic rings. The molecule has 0 N–H and O–H groups in total. The molecular formula is C10H17NO3. The largest absolute Gasteiger partial charge is 0.444 e. The van der Waals surface area contributed by atoms with Crippen LogP contribution in [0.2, 0.25) is 0 Å². The van der Waals surface area contributed by atoms with Crippen molar-refractivity contribution in [2.45, 2.75) is 51.8 Å². The normalized spacial score (nSPS) is 25.9. The Morgan fingerprint density at radius 3 is 2.36 bits per heavy atom. The third kappa shape index (κ3) is 2.25. The van der Waals surface area contributed by atoms with Gasteiger partial charge < -0.3 is 9.53 Å². The highest BCUT2D eigenvalue weighted by Crippen LogP contribution is 2.31. The highest BCUT2D eigenvalue weighted by atomic mass is 16.6. The van der Waals surface area contributed by atoms with Crippen LogP contribution in [0.3, 0.4) is 0 Å². The summed E-state index contributed by atoms with van der Waals surface area (Å²) in [6.45, 7) is 7.38. The second kappa shape index (κ2) is 3.59. The molecule has 0 spiro atoms. The zero-order valence-corrected chi connectivity index (χ0v) is 9.11. The second-order valence-corrected chi connectivity index (χ2v) is 4.49. The van der Waals surface area contributed by atoms with E-state index in [0.717, 1.165) is 12.7 Å². The summed E-state index contributed by atoms with van der Waals surface area (Å²) >= 11 is 0. The molecule has 0 aliphatic carbocycles. The van der Waals surface area contributed by atoms with E-state index in [1.165, 1.54) is 4.90 Å². The molecule has 1 rings (SSSR count). The lowest BCUT2D eigenvalue weighted by Gasteiger charge is -2.19. The molecule has 4 nitrogen and oxygen atoms in total. The molecule has 4 heteroatoms. The van der Waals surface area contributed by atoms with Crippen molar-refractivity contribution in [1.82, 2.24) is 4.90 Å². The number of amides is 1. The Balaban J connectivity index is 2.52. The predicted octanol–water partition coefficient (Wildman–Crippen LogP) is 1.58. The molecule has 0 bridgehead atoms. The van der Waals surface area contributed by atoms with Crippen LogP contribution in [-0.2, 0) is 9.53 Å². The number of carbonyl (C=O) groups excluding carboxylic acids is 2. The molecule has 0 saturated carbocycles. The van der Waals surface area contributed by atoms with E-state index in [9.17, 15) is 9.59 Å². The molecule has 80 valence electrons. The van der Waals surface area contributed by atoms with Gasteiger partial charge in [-0.25, -0.2) is 4.79 Å². The van der Waals surface area contributed by atoms with Gasteiger partial charge in [0.15, 0.2) is 0 Å². The number of nitrogens with zero attached hydrogens (tertiary/aromatic N) is 1. The number of rotatable bonds is 2. The number of ether oxygens (including phenoxy) is 1. The SMILES string of the molecule is CC[C@@H]1[C@@H](C=O)N1C(=O)OC(C)(C)C. The highest BCUT2D eigenvalue weighted by Gasteiger charge is 2.51. The molecule has 1 aliphatic rings. The number of hydrogen-bond acceptors (Lipinski definition) is 3. The third-order valence-corrected chi connectivity index (χ3v) is 2.15. The summed E-state index contributed by atoms with van der Waals surface area (Å²) in [5.41, 5.74) is -0.495. The first-order chi connectivity index (χ1) is 6.40. The first-order valence-corrected chi connectivity index (χ1v) is 4.87. The average molecular weight is 199 g/mol. The van der Waals surface area contributed by atoms with Crippen LogP contribution in [0.5, 0.6) is 0 Å². The highest BCUT2D eigenvalue weighted by molar-refractivity contribution is 5.80. The molecule has 1 aliphatic heterocycles. The first-order valence-electron chi connectivity index (χ1n) is 4.87. The van der Waals surface area contributed by atoms with Gasteiger partial charge in [0.2, 0.25) is 0 Å². The Labute approximate surface area is 84.2 Å². The van der Waals surface area contributed by atoms with Crippen molar-refractivity contribution >= 4 is 12.4 Å². The fraction of sp³-hybridized carbons (Fsp3) is 0.800. The zero-order chi connectivity index (χ0) is 10.9. The van der Waals surface area contributed by atoms with E-state index >= 15 is 0 Å².